The Hall–Kier alpha value is -0.950. The van der Waals surface area contributed by atoms with Gasteiger partial charge in [0.15, 0.2) is 0 Å². The number of nitrogens with zero attached hydrogens (tertiary/aromatic N) is 1. The van der Waals surface area contributed by atoms with Crippen LogP contribution in [0.15, 0.2) is 30.3 Å². The molecule has 0 aliphatic heterocycles. The summed E-state index contributed by atoms with van der Waals surface area (Å²) in [5.41, 5.74) is 0.953. The molecule has 5 nitrogen and oxygen atoms in total. The lowest BCUT2D eigenvalue weighted by Crippen LogP contribution is -2.43. The number of rotatable bonds is 9. The predicted octanol–water partition coefficient (Wildman–Crippen LogP) is 1.38. The molecule has 112 valence electrons. The number of hydrogen-bond donors (Lipinski definition) is 1. The zero-order chi connectivity index (χ0) is 14.4. The SMILES string of the molecule is COCCN(CC1CC1)S(=O)(=O)NCc1ccccc1. The van der Waals surface area contributed by atoms with E-state index < -0.39 is 10.2 Å². The molecular formula is C14H22N2O3S. The topological polar surface area (TPSA) is 58.6 Å². The molecule has 0 bridgehead atoms. The minimum Gasteiger partial charge on any atom is -0.383 e. The van der Waals surface area contributed by atoms with Crippen LogP contribution in [0.3, 0.4) is 0 Å². The van der Waals surface area contributed by atoms with E-state index >= 15 is 0 Å². The quantitative estimate of drug-likeness (QED) is 0.749. The van der Waals surface area contributed by atoms with Gasteiger partial charge in [-0.15, -0.1) is 0 Å². The molecule has 0 heterocycles. The fourth-order valence-corrected chi connectivity index (χ4v) is 3.21. The average molecular weight is 298 g/mol. The van der Waals surface area contributed by atoms with Crippen LogP contribution in [0.25, 0.3) is 0 Å². The van der Waals surface area contributed by atoms with Crippen LogP contribution in [-0.2, 0) is 21.5 Å². The first-order chi connectivity index (χ1) is 9.62. The van der Waals surface area contributed by atoms with Gasteiger partial charge in [0.1, 0.15) is 0 Å². The van der Waals surface area contributed by atoms with Crippen molar-refractivity contribution in [1.82, 2.24) is 9.03 Å². The van der Waals surface area contributed by atoms with Crippen LogP contribution in [0.4, 0.5) is 0 Å². The third kappa shape index (κ3) is 4.86. The summed E-state index contributed by atoms with van der Waals surface area (Å²) in [5, 5.41) is 0. The van der Waals surface area contributed by atoms with E-state index in [1.807, 2.05) is 30.3 Å². The molecule has 1 aliphatic rings. The fourth-order valence-electron chi connectivity index (χ4n) is 1.95. The lowest BCUT2D eigenvalue weighted by molar-refractivity contribution is 0.177. The monoisotopic (exact) mass is 298 g/mol. The molecule has 0 aromatic heterocycles. The molecule has 0 unspecified atom stereocenters. The van der Waals surface area contributed by atoms with Gasteiger partial charge < -0.3 is 4.74 Å². The van der Waals surface area contributed by atoms with Gasteiger partial charge in [0.2, 0.25) is 0 Å². The summed E-state index contributed by atoms with van der Waals surface area (Å²) in [5.74, 6) is 0.514. The normalized spacial score (nSPS) is 15.7. The van der Waals surface area contributed by atoms with E-state index in [1.165, 1.54) is 4.31 Å². The molecule has 2 rings (SSSR count). The molecule has 0 radical (unpaired) electrons. The number of nitrogens with one attached hydrogen (secondary N) is 1. The van der Waals surface area contributed by atoms with Gasteiger partial charge in [-0.1, -0.05) is 30.3 Å². The Morgan fingerprint density at radius 3 is 2.60 bits per heavy atom. The first-order valence-corrected chi connectivity index (χ1v) is 8.33. The number of ether oxygens (including phenoxy) is 1. The molecule has 0 amide bonds. The lowest BCUT2D eigenvalue weighted by atomic mass is 10.2. The standard InChI is InChI=1S/C14H22N2O3S/c1-19-10-9-16(12-14-7-8-14)20(17,18)15-11-13-5-3-2-4-6-13/h2-6,14-15H,7-12H2,1H3. The van der Waals surface area contributed by atoms with Crippen LogP contribution < -0.4 is 4.72 Å². The van der Waals surface area contributed by atoms with Gasteiger partial charge in [-0.25, -0.2) is 0 Å². The van der Waals surface area contributed by atoms with Crippen molar-refractivity contribution in [1.29, 1.82) is 0 Å². The van der Waals surface area contributed by atoms with E-state index in [1.54, 1.807) is 7.11 Å². The van der Waals surface area contributed by atoms with E-state index in [9.17, 15) is 8.42 Å². The van der Waals surface area contributed by atoms with Crippen LogP contribution in [0.5, 0.6) is 0 Å². The molecule has 6 heteroatoms. The van der Waals surface area contributed by atoms with E-state index in [4.69, 9.17) is 4.74 Å². The summed E-state index contributed by atoms with van der Waals surface area (Å²) < 4.78 is 33.8. The van der Waals surface area contributed by atoms with E-state index in [0.717, 1.165) is 18.4 Å². The van der Waals surface area contributed by atoms with Crippen molar-refractivity contribution in [3.63, 3.8) is 0 Å². The molecule has 1 aromatic carbocycles. The van der Waals surface area contributed by atoms with Crippen molar-refractivity contribution < 1.29 is 13.2 Å². The van der Waals surface area contributed by atoms with Gasteiger partial charge in [0.05, 0.1) is 6.61 Å². The second kappa shape index (κ2) is 7.17. The molecule has 0 spiro atoms. The van der Waals surface area contributed by atoms with Crippen molar-refractivity contribution >= 4 is 10.2 Å². The second-order valence-electron chi connectivity index (χ2n) is 5.11. The van der Waals surface area contributed by atoms with Crippen molar-refractivity contribution in [3.05, 3.63) is 35.9 Å². The van der Waals surface area contributed by atoms with E-state index in [-0.39, 0.29) is 0 Å². The first kappa shape index (κ1) is 15.4. The number of hydrogen-bond acceptors (Lipinski definition) is 3. The minimum absolute atomic E-state index is 0.317. The highest BCUT2D eigenvalue weighted by atomic mass is 32.2. The zero-order valence-electron chi connectivity index (χ0n) is 11.8. The maximum atomic E-state index is 12.3. The Morgan fingerprint density at radius 1 is 1.30 bits per heavy atom. The highest BCUT2D eigenvalue weighted by Gasteiger charge is 2.30. The van der Waals surface area contributed by atoms with Crippen LogP contribution in [-0.4, -0.2) is 39.5 Å². The molecule has 1 fully saturated rings. The molecule has 1 aromatic rings. The molecule has 0 saturated heterocycles. The van der Waals surface area contributed by atoms with Gasteiger partial charge in [0, 0.05) is 26.7 Å². The Morgan fingerprint density at radius 2 is 2.00 bits per heavy atom. The van der Waals surface area contributed by atoms with Crippen LogP contribution in [0.2, 0.25) is 0 Å². The van der Waals surface area contributed by atoms with Crippen LogP contribution >= 0.6 is 0 Å². The molecule has 0 atom stereocenters. The fraction of sp³-hybridized carbons (Fsp3) is 0.571. The Kier molecular flexibility index (Phi) is 5.54. The molecule has 1 N–H and O–H groups in total. The van der Waals surface area contributed by atoms with E-state index in [2.05, 4.69) is 4.72 Å². The summed E-state index contributed by atoms with van der Waals surface area (Å²) in [7, 11) is -1.86. The minimum atomic E-state index is -3.44. The molecule has 1 saturated carbocycles. The lowest BCUT2D eigenvalue weighted by Gasteiger charge is -2.22. The number of methoxy groups -OCH3 is 1. The summed E-state index contributed by atoms with van der Waals surface area (Å²) >= 11 is 0. The maximum absolute atomic E-state index is 12.3. The van der Waals surface area contributed by atoms with Crippen molar-refractivity contribution in [2.24, 2.45) is 5.92 Å². The summed E-state index contributed by atoms with van der Waals surface area (Å²) in [4.78, 5) is 0. The third-order valence-electron chi connectivity index (χ3n) is 3.35. The van der Waals surface area contributed by atoms with Gasteiger partial charge in [-0.3, -0.25) is 0 Å². The van der Waals surface area contributed by atoms with Crippen LogP contribution in [0, 0.1) is 5.92 Å². The first-order valence-electron chi connectivity index (χ1n) is 6.89. The number of benzene rings is 1. The second-order valence-corrected chi connectivity index (χ2v) is 6.86. The smallest absolute Gasteiger partial charge is 0.279 e. The summed E-state index contributed by atoms with van der Waals surface area (Å²) in [6.07, 6.45) is 2.25. The molecular weight excluding hydrogens is 276 g/mol. The van der Waals surface area contributed by atoms with Gasteiger partial charge >= 0.3 is 0 Å². The van der Waals surface area contributed by atoms with E-state index in [0.29, 0.717) is 32.2 Å². The maximum Gasteiger partial charge on any atom is 0.279 e. The summed E-state index contributed by atoms with van der Waals surface area (Å²) in [6.45, 7) is 1.72. The largest absolute Gasteiger partial charge is 0.383 e. The Bertz CT molecular complexity index is 500. The zero-order valence-corrected chi connectivity index (χ0v) is 12.6. The van der Waals surface area contributed by atoms with Crippen LogP contribution in [0.1, 0.15) is 18.4 Å². The molecule has 1 aliphatic carbocycles. The van der Waals surface area contributed by atoms with Gasteiger partial charge in [-0.05, 0) is 24.3 Å². The van der Waals surface area contributed by atoms with Crippen molar-refractivity contribution in [2.45, 2.75) is 19.4 Å². The van der Waals surface area contributed by atoms with Gasteiger partial charge in [0.25, 0.3) is 10.2 Å². The summed E-state index contributed by atoms with van der Waals surface area (Å²) in [6, 6.07) is 9.52. The average Bonchev–Trinajstić information content (AvgIpc) is 3.26. The van der Waals surface area contributed by atoms with Crippen molar-refractivity contribution in [2.75, 3.05) is 26.8 Å². The molecule has 20 heavy (non-hydrogen) atoms. The predicted molar refractivity (Wildman–Crippen MR) is 78.4 cm³/mol. The third-order valence-corrected chi connectivity index (χ3v) is 4.87. The Balaban J connectivity index is 1.93. The van der Waals surface area contributed by atoms with Crippen molar-refractivity contribution in [3.8, 4) is 0 Å². The highest BCUT2D eigenvalue weighted by molar-refractivity contribution is 7.87. The highest BCUT2D eigenvalue weighted by Crippen LogP contribution is 2.30. The van der Waals surface area contributed by atoms with Gasteiger partial charge in [-0.2, -0.15) is 17.4 Å². The Labute approximate surface area is 121 Å².